The van der Waals surface area contributed by atoms with E-state index < -0.39 is 0 Å². The molecule has 0 saturated carbocycles. The molecule has 1 aliphatic rings. The van der Waals surface area contributed by atoms with Crippen molar-refractivity contribution in [2.75, 3.05) is 11.4 Å². The first-order chi connectivity index (χ1) is 12.9. The Kier molecular flexibility index (Phi) is 4.38. The highest BCUT2D eigenvalue weighted by Crippen LogP contribution is 2.32. The number of benzene rings is 1. The average Bonchev–Trinajstić information content (AvgIpc) is 3.21. The summed E-state index contributed by atoms with van der Waals surface area (Å²) in [5.74, 6) is -0.0101. The first kappa shape index (κ1) is 17.9. The zero-order valence-electron chi connectivity index (χ0n) is 15.5. The van der Waals surface area contributed by atoms with Crippen LogP contribution in [0.1, 0.15) is 51.5 Å². The second kappa shape index (κ2) is 6.60. The van der Waals surface area contributed by atoms with Crippen molar-refractivity contribution in [1.29, 1.82) is 0 Å². The number of pyridine rings is 1. The van der Waals surface area contributed by atoms with Gasteiger partial charge in [0.05, 0.1) is 5.69 Å². The SMILES string of the molecule is CCc1nc2c(C)cc(Br)cn2c1C(=O)N1CCc2cc(C(C)=O)ccc21. The summed E-state index contributed by atoms with van der Waals surface area (Å²) in [4.78, 5) is 31.6. The van der Waals surface area contributed by atoms with Crippen molar-refractivity contribution >= 4 is 39.0 Å². The van der Waals surface area contributed by atoms with Gasteiger partial charge in [0.2, 0.25) is 0 Å². The van der Waals surface area contributed by atoms with E-state index in [2.05, 4.69) is 15.9 Å². The number of hydrogen-bond acceptors (Lipinski definition) is 3. The summed E-state index contributed by atoms with van der Waals surface area (Å²) in [6.45, 7) is 6.18. The van der Waals surface area contributed by atoms with Crippen LogP contribution < -0.4 is 4.90 Å². The second-order valence-corrected chi connectivity index (χ2v) is 7.82. The summed E-state index contributed by atoms with van der Waals surface area (Å²) in [6, 6.07) is 7.58. The topological polar surface area (TPSA) is 54.7 Å². The predicted octanol–water partition coefficient (Wildman–Crippen LogP) is 4.37. The minimum atomic E-state index is -0.0498. The number of carbonyl (C=O) groups is 2. The first-order valence-corrected chi connectivity index (χ1v) is 9.82. The van der Waals surface area contributed by atoms with Gasteiger partial charge in [-0.25, -0.2) is 4.98 Å². The number of halogens is 1. The Labute approximate surface area is 166 Å². The van der Waals surface area contributed by atoms with Gasteiger partial charge in [-0.2, -0.15) is 0 Å². The lowest BCUT2D eigenvalue weighted by Crippen LogP contribution is -2.30. The molecule has 0 radical (unpaired) electrons. The van der Waals surface area contributed by atoms with Gasteiger partial charge >= 0.3 is 0 Å². The fraction of sp³-hybridized carbons (Fsp3) is 0.286. The van der Waals surface area contributed by atoms with Crippen LogP contribution in [0.15, 0.2) is 34.9 Å². The third-order valence-corrected chi connectivity index (χ3v) is 5.54. The molecule has 0 aliphatic carbocycles. The van der Waals surface area contributed by atoms with Gasteiger partial charge in [-0.15, -0.1) is 0 Å². The molecule has 3 heterocycles. The Morgan fingerprint density at radius 3 is 2.74 bits per heavy atom. The van der Waals surface area contributed by atoms with Gasteiger partial charge in [0.25, 0.3) is 5.91 Å². The number of Topliss-reactive ketones (excluding diaryl/α,β-unsaturated/α-hetero) is 1. The standard InChI is InChI=1S/C21H20BrN3O2/c1-4-17-19(25-11-16(22)9-12(2)20(25)23-17)21(27)24-8-7-15-10-14(13(3)26)5-6-18(15)24/h5-6,9-11H,4,7-8H2,1-3H3. The molecule has 1 aliphatic heterocycles. The number of aryl methyl sites for hydroxylation is 2. The molecule has 1 aromatic carbocycles. The van der Waals surface area contributed by atoms with Crippen LogP contribution in [0.25, 0.3) is 5.65 Å². The third-order valence-electron chi connectivity index (χ3n) is 5.11. The van der Waals surface area contributed by atoms with Crippen LogP contribution in [0.5, 0.6) is 0 Å². The number of carbonyl (C=O) groups excluding carboxylic acids is 2. The molecule has 0 unspecified atom stereocenters. The van der Waals surface area contributed by atoms with E-state index >= 15 is 0 Å². The summed E-state index contributed by atoms with van der Waals surface area (Å²) in [5, 5.41) is 0. The Morgan fingerprint density at radius 2 is 2.04 bits per heavy atom. The molecule has 0 atom stereocenters. The maximum absolute atomic E-state index is 13.5. The monoisotopic (exact) mass is 425 g/mol. The summed E-state index contributed by atoms with van der Waals surface area (Å²) >= 11 is 3.52. The molecule has 0 bridgehead atoms. The van der Waals surface area contributed by atoms with Gasteiger partial charge in [-0.05, 0) is 78.0 Å². The summed E-state index contributed by atoms with van der Waals surface area (Å²) in [7, 11) is 0. The maximum Gasteiger partial charge on any atom is 0.277 e. The number of imidazole rings is 1. The van der Waals surface area contributed by atoms with E-state index in [1.807, 2.05) is 42.6 Å². The summed E-state index contributed by atoms with van der Waals surface area (Å²) in [5.41, 5.74) is 5.85. The van der Waals surface area contributed by atoms with Crippen LogP contribution in [0, 0.1) is 6.92 Å². The van der Waals surface area contributed by atoms with Gasteiger partial charge in [-0.1, -0.05) is 6.92 Å². The molecule has 0 spiro atoms. The Balaban J connectivity index is 1.83. The molecule has 6 heteroatoms. The molecule has 0 N–H and O–H groups in total. The van der Waals surface area contributed by atoms with Crippen LogP contribution in [-0.2, 0) is 12.8 Å². The highest BCUT2D eigenvalue weighted by molar-refractivity contribution is 9.10. The Hall–Kier alpha value is -2.47. The van der Waals surface area contributed by atoms with Gasteiger partial charge in [-0.3, -0.25) is 14.0 Å². The molecule has 27 heavy (non-hydrogen) atoms. The van der Waals surface area contributed by atoms with E-state index in [-0.39, 0.29) is 11.7 Å². The van der Waals surface area contributed by atoms with Crippen LogP contribution in [0.2, 0.25) is 0 Å². The second-order valence-electron chi connectivity index (χ2n) is 6.90. The van der Waals surface area contributed by atoms with Crippen LogP contribution in [0.3, 0.4) is 0 Å². The van der Waals surface area contributed by atoms with Crippen molar-refractivity contribution < 1.29 is 9.59 Å². The number of rotatable bonds is 3. The quantitative estimate of drug-likeness (QED) is 0.585. The largest absolute Gasteiger partial charge is 0.306 e. The molecule has 5 nitrogen and oxygen atoms in total. The van der Waals surface area contributed by atoms with E-state index in [4.69, 9.17) is 4.98 Å². The van der Waals surface area contributed by atoms with Crippen molar-refractivity contribution in [2.24, 2.45) is 0 Å². The van der Waals surface area contributed by atoms with Crippen LogP contribution in [-0.4, -0.2) is 27.6 Å². The van der Waals surface area contributed by atoms with Crippen molar-refractivity contribution in [3.63, 3.8) is 0 Å². The zero-order valence-corrected chi connectivity index (χ0v) is 17.1. The molecular formula is C21H20BrN3O2. The van der Waals surface area contributed by atoms with Crippen molar-refractivity contribution in [3.8, 4) is 0 Å². The third kappa shape index (κ3) is 2.88. The van der Waals surface area contributed by atoms with Crippen LogP contribution in [0.4, 0.5) is 5.69 Å². The number of hydrogen-bond donors (Lipinski definition) is 0. The normalized spacial score (nSPS) is 13.3. The first-order valence-electron chi connectivity index (χ1n) is 9.03. The van der Waals surface area contributed by atoms with Crippen molar-refractivity contribution in [3.05, 3.63) is 63.0 Å². The molecular weight excluding hydrogens is 406 g/mol. The molecule has 0 saturated heterocycles. The Bertz CT molecular complexity index is 1100. The van der Waals surface area contributed by atoms with Gasteiger partial charge < -0.3 is 4.90 Å². The smallest absolute Gasteiger partial charge is 0.277 e. The van der Waals surface area contributed by atoms with E-state index in [1.54, 1.807) is 17.9 Å². The van der Waals surface area contributed by atoms with Crippen molar-refractivity contribution in [2.45, 2.75) is 33.6 Å². The molecule has 3 aromatic rings. The van der Waals surface area contributed by atoms with E-state index in [1.165, 1.54) is 0 Å². The van der Waals surface area contributed by atoms with E-state index in [9.17, 15) is 9.59 Å². The number of nitrogens with zero attached hydrogens (tertiary/aromatic N) is 3. The highest BCUT2D eigenvalue weighted by atomic mass is 79.9. The van der Waals surface area contributed by atoms with Crippen LogP contribution >= 0.6 is 15.9 Å². The summed E-state index contributed by atoms with van der Waals surface area (Å²) < 4.78 is 2.80. The minimum Gasteiger partial charge on any atom is -0.306 e. The number of anilines is 1. The fourth-order valence-corrected chi connectivity index (χ4v) is 4.30. The zero-order chi connectivity index (χ0) is 19.3. The minimum absolute atomic E-state index is 0.0398. The molecule has 0 fully saturated rings. The van der Waals surface area contributed by atoms with Gasteiger partial charge in [0.15, 0.2) is 5.78 Å². The lowest BCUT2D eigenvalue weighted by molar-refractivity contribution is 0.0981. The maximum atomic E-state index is 13.5. The average molecular weight is 426 g/mol. The van der Waals surface area contributed by atoms with E-state index in [0.717, 1.165) is 39.0 Å². The molecule has 1 amide bonds. The number of amides is 1. The predicted molar refractivity (Wildman–Crippen MR) is 109 cm³/mol. The molecule has 4 rings (SSSR count). The number of aromatic nitrogens is 2. The molecule has 2 aromatic heterocycles. The Morgan fingerprint density at radius 1 is 1.26 bits per heavy atom. The molecule has 138 valence electrons. The lowest BCUT2D eigenvalue weighted by atomic mass is 10.1. The fourth-order valence-electron chi connectivity index (χ4n) is 3.75. The highest BCUT2D eigenvalue weighted by Gasteiger charge is 2.30. The van der Waals surface area contributed by atoms with E-state index in [0.29, 0.717) is 24.2 Å². The van der Waals surface area contributed by atoms with Gasteiger partial charge in [0, 0.05) is 28.5 Å². The van der Waals surface area contributed by atoms with Crippen molar-refractivity contribution in [1.82, 2.24) is 9.38 Å². The summed E-state index contributed by atoms with van der Waals surface area (Å²) in [6.07, 6.45) is 3.34. The number of fused-ring (bicyclic) bond motifs is 2. The lowest BCUT2D eigenvalue weighted by Gasteiger charge is -2.18. The van der Waals surface area contributed by atoms with Gasteiger partial charge in [0.1, 0.15) is 11.3 Å². The number of ketones is 1.